The summed E-state index contributed by atoms with van der Waals surface area (Å²) in [7, 11) is 0. The molecule has 0 saturated carbocycles. The van der Waals surface area contributed by atoms with E-state index in [0.29, 0.717) is 29.9 Å². The standard InChI is InChI=1S/C26H30N4O2S/c1-17(2)22-10-7-11-23-25(22)27-26(33-23)29(12-13-30-20(5)15-19(4)28-30)24(31)16-32-21-9-6-8-18(3)14-21/h6-11,14-15,17H,12-13,16H2,1-5H3. The number of nitrogens with zero attached hydrogens (tertiary/aromatic N) is 4. The number of hydrogen-bond acceptors (Lipinski definition) is 5. The quantitative estimate of drug-likeness (QED) is 0.339. The van der Waals surface area contributed by atoms with E-state index in [0.717, 1.165) is 27.2 Å². The van der Waals surface area contributed by atoms with E-state index in [9.17, 15) is 4.79 Å². The first-order valence-corrected chi connectivity index (χ1v) is 12.0. The molecule has 0 unspecified atom stereocenters. The normalized spacial score (nSPS) is 11.3. The largest absolute Gasteiger partial charge is 0.484 e. The minimum absolute atomic E-state index is 0.0481. The van der Waals surface area contributed by atoms with E-state index in [4.69, 9.17) is 9.72 Å². The van der Waals surface area contributed by atoms with Crippen molar-refractivity contribution < 1.29 is 9.53 Å². The van der Waals surface area contributed by atoms with E-state index >= 15 is 0 Å². The molecule has 2 aromatic heterocycles. The monoisotopic (exact) mass is 462 g/mol. The molecule has 4 aromatic rings. The van der Waals surface area contributed by atoms with Crippen LogP contribution in [0.25, 0.3) is 10.2 Å². The third kappa shape index (κ3) is 5.25. The summed E-state index contributed by atoms with van der Waals surface area (Å²) in [6.07, 6.45) is 0. The first-order valence-electron chi connectivity index (χ1n) is 11.2. The van der Waals surface area contributed by atoms with Gasteiger partial charge in [-0.05, 0) is 62.1 Å². The highest BCUT2D eigenvalue weighted by Crippen LogP contribution is 2.33. The third-order valence-electron chi connectivity index (χ3n) is 5.58. The van der Waals surface area contributed by atoms with Gasteiger partial charge in [-0.25, -0.2) is 4.98 Å². The van der Waals surface area contributed by atoms with Crippen LogP contribution in [0, 0.1) is 20.8 Å². The first kappa shape index (κ1) is 23.0. The van der Waals surface area contributed by atoms with Crippen LogP contribution < -0.4 is 9.64 Å². The van der Waals surface area contributed by atoms with Gasteiger partial charge < -0.3 is 4.74 Å². The lowest BCUT2D eigenvalue weighted by molar-refractivity contribution is -0.120. The van der Waals surface area contributed by atoms with E-state index in [1.807, 2.05) is 55.8 Å². The molecule has 2 aromatic carbocycles. The molecule has 4 rings (SSSR count). The molecule has 0 aliphatic rings. The van der Waals surface area contributed by atoms with Crippen LogP contribution in [-0.4, -0.2) is 33.8 Å². The predicted molar refractivity (Wildman–Crippen MR) is 134 cm³/mol. The van der Waals surface area contributed by atoms with Gasteiger partial charge in [-0.2, -0.15) is 5.10 Å². The average Bonchev–Trinajstić information content (AvgIpc) is 3.34. The van der Waals surface area contributed by atoms with Crippen LogP contribution in [0.5, 0.6) is 5.75 Å². The number of aryl methyl sites for hydroxylation is 3. The fourth-order valence-electron chi connectivity index (χ4n) is 3.89. The predicted octanol–water partition coefficient (Wildman–Crippen LogP) is 5.65. The number of anilines is 1. The van der Waals surface area contributed by atoms with Crippen LogP contribution in [0.3, 0.4) is 0 Å². The lowest BCUT2D eigenvalue weighted by atomic mass is 10.0. The SMILES string of the molecule is Cc1cccc(OCC(=O)N(CCn2nc(C)cc2C)c2nc3c(C(C)C)cccc3s2)c1. The molecule has 2 heterocycles. The Labute approximate surface area is 198 Å². The van der Waals surface area contributed by atoms with Crippen molar-refractivity contribution in [2.45, 2.75) is 47.1 Å². The minimum atomic E-state index is -0.122. The van der Waals surface area contributed by atoms with Crippen molar-refractivity contribution in [3.8, 4) is 5.75 Å². The highest BCUT2D eigenvalue weighted by atomic mass is 32.1. The molecule has 1 amide bonds. The van der Waals surface area contributed by atoms with Crippen molar-refractivity contribution in [3.63, 3.8) is 0 Å². The van der Waals surface area contributed by atoms with Crippen molar-refractivity contribution in [3.05, 3.63) is 71.0 Å². The maximum absolute atomic E-state index is 13.3. The number of carbonyl (C=O) groups excluding carboxylic acids is 1. The molecule has 172 valence electrons. The van der Waals surface area contributed by atoms with Crippen LogP contribution in [0.1, 0.15) is 42.3 Å². The summed E-state index contributed by atoms with van der Waals surface area (Å²) in [5.41, 5.74) is 5.29. The number of aromatic nitrogens is 3. The van der Waals surface area contributed by atoms with Crippen LogP contribution >= 0.6 is 11.3 Å². The maximum Gasteiger partial charge on any atom is 0.266 e. The Morgan fingerprint density at radius 3 is 2.61 bits per heavy atom. The summed E-state index contributed by atoms with van der Waals surface area (Å²) in [4.78, 5) is 20.0. The van der Waals surface area contributed by atoms with Gasteiger partial charge in [-0.15, -0.1) is 0 Å². The molecule has 0 spiro atoms. The van der Waals surface area contributed by atoms with Gasteiger partial charge in [0.25, 0.3) is 5.91 Å². The van der Waals surface area contributed by atoms with Crippen molar-refractivity contribution in [1.29, 1.82) is 0 Å². The molecular weight excluding hydrogens is 432 g/mol. The van der Waals surface area contributed by atoms with Crippen molar-refractivity contribution in [1.82, 2.24) is 14.8 Å². The van der Waals surface area contributed by atoms with Gasteiger partial charge in [0, 0.05) is 12.2 Å². The Morgan fingerprint density at radius 1 is 1.12 bits per heavy atom. The second-order valence-corrected chi connectivity index (χ2v) is 9.66. The van der Waals surface area contributed by atoms with Gasteiger partial charge in [0.2, 0.25) is 0 Å². The molecule has 0 aliphatic carbocycles. The van der Waals surface area contributed by atoms with Crippen molar-refractivity contribution in [2.24, 2.45) is 0 Å². The Kier molecular flexibility index (Phi) is 6.79. The molecule has 33 heavy (non-hydrogen) atoms. The van der Waals surface area contributed by atoms with Gasteiger partial charge in [0.05, 0.1) is 22.5 Å². The van der Waals surface area contributed by atoms with Crippen molar-refractivity contribution in [2.75, 3.05) is 18.1 Å². The summed E-state index contributed by atoms with van der Waals surface area (Å²) in [6, 6.07) is 16.0. The lowest BCUT2D eigenvalue weighted by Crippen LogP contribution is -2.37. The second-order valence-electron chi connectivity index (χ2n) is 8.65. The van der Waals surface area contributed by atoms with E-state index < -0.39 is 0 Å². The molecule has 0 atom stereocenters. The summed E-state index contributed by atoms with van der Waals surface area (Å²) in [5.74, 6) is 0.920. The highest BCUT2D eigenvalue weighted by molar-refractivity contribution is 7.22. The Balaban J connectivity index is 1.61. The zero-order valence-corrected chi connectivity index (χ0v) is 20.6. The molecule has 0 N–H and O–H groups in total. The fourth-order valence-corrected chi connectivity index (χ4v) is 4.93. The van der Waals surface area contributed by atoms with E-state index in [-0.39, 0.29) is 12.5 Å². The number of para-hydroxylation sites is 1. The topological polar surface area (TPSA) is 60.2 Å². The Hall–Kier alpha value is -3.19. The van der Waals surface area contributed by atoms with E-state index in [1.165, 1.54) is 5.56 Å². The molecule has 0 radical (unpaired) electrons. The number of ether oxygens (including phenoxy) is 1. The zero-order valence-electron chi connectivity index (χ0n) is 19.8. The van der Waals surface area contributed by atoms with Gasteiger partial charge in [-0.1, -0.05) is 49.4 Å². The number of hydrogen-bond donors (Lipinski definition) is 0. The molecule has 0 saturated heterocycles. The summed E-state index contributed by atoms with van der Waals surface area (Å²) in [6.45, 7) is 11.3. The number of carbonyl (C=O) groups is 1. The molecule has 0 aliphatic heterocycles. The van der Waals surface area contributed by atoms with Crippen LogP contribution in [0.15, 0.2) is 48.5 Å². The second kappa shape index (κ2) is 9.75. The Bertz CT molecular complexity index is 1270. The van der Waals surface area contributed by atoms with Crippen LogP contribution in [-0.2, 0) is 11.3 Å². The van der Waals surface area contributed by atoms with Crippen molar-refractivity contribution >= 4 is 32.6 Å². The maximum atomic E-state index is 13.3. The average molecular weight is 463 g/mol. The smallest absolute Gasteiger partial charge is 0.266 e. The highest BCUT2D eigenvalue weighted by Gasteiger charge is 2.22. The summed E-state index contributed by atoms with van der Waals surface area (Å²) in [5, 5.41) is 5.24. The van der Waals surface area contributed by atoms with Crippen LogP contribution in [0.4, 0.5) is 5.13 Å². The number of rotatable bonds is 8. The minimum Gasteiger partial charge on any atom is -0.484 e. The van der Waals surface area contributed by atoms with Gasteiger partial charge in [-0.3, -0.25) is 14.4 Å². The molecular formula is C26H30N4O2S. The first-order chi connectivity index (χ1) is 15.8. The van der Waals surface area contributed by atoms with Gasteiger partial charge in [0.1, 0.15) is 5.75 Å². The van der Waals surface area contributed by atoms with E-state index in [1.54, 1.807) is 16.2 Å². The summed E-state index contributed by atoms with van der Waals surface area (Å²) >= 11 is 1.54. The fraction of sp³-hybridized carbons (Fsp3) is 0.346. The Morgan fingerprint density at radius 2 is 1.91 bits per heavy atom. The lowest BCUT2D eigenvalue weighted by Gasteiger charge is -2.20. The molecule has 0 bridgehead atoms. The molecule has 6 nitrogen and oxygen atoms in total. The number of fused-ring (bicyclic) bond motifs is 1. The number of benzene rings is 2. The molecule has 7 heteroatoms. The van der Waals surface area contributed by atoms with Gasteiger partial charge in [0.15, 0.2) is 11.7 Å². The summed E-state index contributed by atoms with van der Waals surface area (Å²) < 4.78 is 8.85. The number of thiazole rings is 1. The zero-order chi connectivity index (χ0) is 23.5. The molecule has 0 fully saturated rings. The number of amides is 1. The van der Waals surface area contributed by atoms with E-state index in [2.05, 4.69) is 37.1 Å². The third-order valence-corrected chi connectivity index (χ3v) is 6.63. The van der Waals surface area contributed by atoms with Gasteiger partial charge >= 0.3 is 0 Å². The van der Waals surface area contributed by atoms with Crippen LogP contribution in [0.2, 0.25) is 0 Å².